The molecule has 6 nitrogen and oxygen atoms in total. The monoisotopic (exact) mass is 333 g/mol. The minimum atomic E-state index is -3.55. The number of aliphatic hydroxyl groups excluding tert-OH is 1. The zero-order valence-corrected chi connectivity index (χ0v) is 14.1. The van der Waals surface area contributed by atoms with Crippen molar-refractivity contribution in [2.75, 3.05) is 18.9 Å². The van der Waals surface area contributed by atoms with Crippen LogP contribution in [0.2, 0.25) is 0 Å². The molecular formula is C13H23N3O3S2. The first-order chi connectivity index (χ1) is 9.95. The first-order valence-electron chi connectivity index (χ1n) is 7.22. The highest BCUT2D eigenvalue weighted by atomic mass is 32.2. The van der Waals surface area contributed by atoms with E-state index in [-0.39, 0.29) is 11.5 Å². The van der Waals surface area contributed by atoms with Crippen LogP contribution < -0.4 is 4.72 Å². The molecule has 1 aromatic rings. The van der Waals surface area contributed by atoms with E-state index in [9.17, 15) is 8.42 Å². The second-order valence-electron chi connectivity index (χ2n) is 5.29. The zero-order chi connectivity index (χ0) is 15.5. The fourth-order valence-electron chi connectivity index (χ4n) is 2.63. The van der Waals surface area contributed by atoms with Gasteiger partial charge in [-0.25, -0.2) is 13.1 Å². The second-order valence-corrected chi connectivity index (χ2v) is 8.40. The normalized spacial score (nSPS) is 19.9. The molecule has 2 rings (SSSR count). The van der Waals surface area contributed by atoms with Gasteiger partial charge in [-0.15, -0.1) is 0 Å². The summed E-state index contributed by atoms with van der Waals surface area (Å²) < 4.78 is 29.3. The number of aromatic nitrogens is 2. The SMILES string of the molecule is Cc1nn(CCO)c(C)c1S(=O)(=O)NCC1CCCCS1. The van der Waals surface area contributed by atoms with E-state index in [4.69, 9.17) is 5.11 Å². The fraction of sp³-hybridized carbons (Fsp3) is 0.769. The molecule has 21 heavy (non-hydrogen) atoms. The van der Waals surface area contributed by atoms with Crippen LogP contribution in [0.15, 0.2) is 4.90 Å². The van der Waals surface area contributed by atoms with Gasteiger partial charge in [-0.05, 0) is 32.4 Å². The molecule has 1 aromatic heterocycles. The molecule has 0 saturated carbocycles. The van der Waals surface area contributed by atoms with Gasteiger partial charge in [0.05, 0.1) is 24.5 Å². The number of nitrogens with zero attached hydrogens (tertiary/aromatic N) is 2. The van der Waals surface area contributed by atoms with E-state index < -0.39 is 10.0 Å². The van der Waals surface area contributed by atoms with Gasteiger partial charge >= 0.3 is 0 Å². The molecule has 1 atom stereocenters. The minimum absolute atomic E-state index is 0.0619. The van der Waals surface area contributed by atoms with Gasteiger partial charge in [0, 0.05) is 11.8 Å². The number of aliphatic hydroxyl groups is 1. The summed E-state index contributed by atoms with van der Waals surface area (Å²) in [5.41, 5.74) is 1.05. The van der Waals surface area contributed by atoms with Crippen molar-refractivity contribution in [3.05, 3.63) is 11.4 Å². The second kappa shape index (κ2) is 7.13. The highest BCUT2D eigenvalue weighted by Crippen LogP contribution is 2.25. The maximum atomic E-state index is 12.5. The molecule has 2 N–H and O–H groups in total. The van der Waals surface area contributed by atoms with E-state index in [0.29, 0.717) is 29.7 Å². The Kier molecular flexibility index (Phi) is 5.70. The van der Waals surface area contributed by atoms with Gasteiger partial charge in [0.1, 0.15) is 4.90 Å². The van der Waals surface area contributed by atoms with Crippen LogP contribution in [-0.4, -0.2) is 47.5 Å². The van der Waals surface area contributed by atoms with E-state index in [0.717, 1.165) is 12.2 Å². The molecule has 8 heteroatoms. The molecule has 0 aromatic carbocycles. The van der Waals surface area contributed by atoms with Gasteiger partial charge in [0.25, 0.3) is 0 Å². The van der Waals surface area contributed by atoms with E-state index in [1.807, 2.05) is 11.8 Å². The molecule has 0 bridgehead atoms. The quantitative estimate of drug-likeness (QED) is 0.813. The van der Waals surface area contributed by atoms with Crippen LogP contribution >= 0.6 is 11.8 Å². The smallest absolute Gasteiger partial charge is 0.244 e. The van der Waals surface area contributed by atoms with Gasteiger partial charge in [-0.1, -0.05) is 6.42 Å². The first-order valence-corrected chi connectivity index (χ1v) is 9.75. The Hall–Kier alpha value is -0.570. The standard InChI is InChI=1S/C13H23N3O3S2/c1-10-13(11(2)16(15-10)6-7-17)21(18,19)14-9-12-5-3-4-8-20-12/h12,14,17H,3-9H2,1-2H3. The average molecular weight is 333 g/mol. The molecule has 0 spiro atoms. The molecular weight excluding hydrogens is 310 g/mol. The predicted molar refractivity (Wildman–Crippen MR) is 84.1 cm³/mol. The Morgan fingerprint density at radius 1 is 1.43 bits per heavy atom. The van der Waals surface area contributed by atoms with Crippen molar-refractivity contribution in [3.63, 3.8) is 0 Å². The van der Waals surface area contributed by atoms with Gasteiger partial charge in [0.2, 0.25) is 10.0 Å². The van der Waals surface area contributed by atoms with Crippen LogP contribution in [0.4, 0.5) is 0 Å². The summed E-state index contributed by atoms with van der Waals surface area (Å²) in [5, 5.41) is 13.5. The summed E-state index contributed by atoms with van der Waals surface area (Å²) in [6.07, 6.45) is 3.46. The highest BCUT2D eigenvalue weighted by Gasteiger charge is 2.25. The van der Waals surface area contributed by atoms with Crippen LogP contribution in [0.3, 0.4) is 0 Å². The first kappa shape index (κ1) is 16.8. The Morgan fingerprint density at radius 3 is 2.81 bits per heavy atom. The number of thioether (sulfide) groups is 1. The molecule has 1 aliphatic heterocycles. The van der Waals surface area contributed by atoms with Crippen molar-refractivity contribution < 1.29 is 13.5 Å². The Balaban J connectivity index is 2.11. The molecule has 1 aliphatic rings. The number of sulfonamides is 1. The molecule has 0 radical (unpaired) electrons. The van der Waals surface area contributed by atoms with Crippen molar-refractivity contribution >= 4 is 21.8 Å². The van der Waals surface area contributed by atoms with Crippen LogP contribution in [0.1, 0.15) is 30.7 Å². The summed E-state index contributed by atoms with van der Waals surface area (Å²) in [7, 11) is -3.55. The Bertz CT molecular complexity index is 578. The molecule has 1 fully saturated rings. The van der Waals surface area contributed by atoms with Gasteiger partial charge < -0.3 is 5.11 Å². The van der Waals surface area contributed by atoms with Crippen LogP contribution in [0.25, 0.3) is 0 Å². The van der Waals surface area contributed by atoms with E-state index in [1.165, 1.54) is 12.8 Å². The number of hydrogen-bond donors (Lipinski definition) is 2. The third kappa shape index (κ3) is 4.00. The minimum Gasteiger partial charge on any atom is -0.394 e. The van der Waals surface area contributed by atoms with E-state index in [2.05, 4.69) is 9.82 Å². The van der Waals surface area contributed by atoms with Gasteiger partial charge in [-0.2, -0.15) is 16.9 Å². The van der Waals surface area contributed by atoms with Gasteiger partial charge in [0.15, 0.2) is 0 Å². The summed E-state index contributed by atoms with van der Waals surface area (Å²) in [5.74, 6) is 1.11. The molecule has 120 valence electrons. The van der Waals surface area contributed by atoms with Crippen molar-refractivity contribution in [2.45, 2.75) is 49.8 Å². The molecule has 0 aliphatic carbocycles. The summed E-state index contributed by atoms with van der Waals surface area (Å²) in [6, 6.07) is 0. The molecule has 0 amide bonds. The van der Waals surface area contributed by atoms with Crippen LogP contribution in [0, 0.1) is 13.8 Å². The van der Waals surface area contributed by atoms with Crippen molar-refractivity contribution in [2.24, 2.45) is 0 Å². The Labute approximate surface area is 130 Å². The zero-order valence-electron chi connectivity index (χ0n) is 12.5. The summed E-state index contributed by atoms with van der Waals surface area (Å²) >= 11 is 1.84. The van der Waals surface area contributed by atoms with Crippen LogP contribution in [0.5, 0.6) is 0 Å². The average Bonchev–Trinajstić information content (AvgIpc) is 2.73. The maximum Gasteiger partial charge on any atom is 0.244 e. The fourth-order valence-corrected chi connectivity index (χ4v) is 5.46. The lowest BCUT2D eigenvalue weighted by atomic mass is 10.2. The van der Waals surface area contributed by atoms with Crippen molar-refractivity contribution in [1.29, 1.82) is 0 Å². The molecule has 1 unspecified atom stereocenters. The number of nitrogens with one attached hydrogen (secondary N) is 1. The van der Waals surface area contributed by atoms with E-state index in [1.54, 1.807) is 18.5 Å². The predicted octanol–water partition coefficient (Wildman–Crippen LogP) is 1.06. The number of hydrogen-bond acceptors (Lipinski definition) is 5. The number of rotatable bonds is 6. The highest BCUT2D eigenvalue weighted by molar-refractivity contribution is 8.00. The lowest BCUT2D eigenvalue weighted by Gasteiger charge is -2.21. The third-order valence-electron chi connectivity index (χ3n) is 3.67. The lowest BCUT2D eigenvalue weighted by molar-refractivity contribution is 0.267. The summed E-state index contributed by atoms with van der Waals surface area (Å²) in [4.78, 5) is 0.247. The summed E-state index contributed by atoms with van der Waals surface area (Å²) in [6.45, 7) is 4.12. The number of aryl methyl sites for hydroxylation is 1. The Morgan fingerprint density at radius 2 is 2.19 bits per heavy atom. The topological polar surface area (TPSA) is 84.2 Å². The van der Waals surface area contributed by atoms with Crippen LogP contribution in [-0.2, 0) is 16.6 Å². The van der Waals surface area contributed by atoms with Crippen molar-refractivity contribution in [3.8, 4) is 0 Å². The van der Waals surface area contributed by atoms with Crippen molar-refractivity contribution in [1.82, 2.24) is 14.5 Å². The lowest BCUT2D eigenvalue weighted by Crippen LogP contribution is -2.32. The third-order valence-corrected chi connectivity index (χ3v) is 6.74. The largest absolute Gasteiger partial charge is 0.394 e. The van der Waals surface area contributed by atoms with Gasteiger partial charge in [-0.3, -0.25) is 4.68 Å². The molecule has 1 saturated heterocycles. The molecule has 2 heterocycles. The van der Waals surface area contributed by atoms with E-state index >= 15 is 0 Å². The maximum absolute atomic E-state index is 12.5.